The van der Waals surface area contributed by atoms with Crippen LogP contribution in [0.2, 0.25) is 0 Å². The molecule has 1 fully saturated rings. The predicted molar refractivity (Wildman–Crippen MR) is 80.7 cm³/mol. The van der Waals surface area contributed by atoms with Crippen molar-refractivity contribution in [3.05, 3.63) is 27.1 Å². The second kappa shape index (κ2) is 5.57. The minimum absolute atomic E-state index is 0.0358. The molecule has 7 heteroatoms. The van der Waals surface area contributed by atoms with Gasteiger partial charge in [0.2, 0.25) is 0 Å². The fourth-order valence-corrected chi connectivity index (χ4v) is 3.86. The largest absolute Gasteiger partial charge is 0.396 e. The molecule has 21 heavy (non-hydrogen) atoms. The molecule has 0 saturated carbocycles. The number of aryl methyl sites for hydroxylation is 1. The molecule has 1 aliphatic rings. The highest BCUT2D eigenvalue weighted by Gasteiger charge is 2.26. The van der Waals surface area contributed by atoms with Crippen LogP contribution in [0.1, 0.15) is 28.1 Å². The maximum atomic E-state index is 12.6. The Morgan fingerprint density at radius 3 is 2.86 bits per heavy atom. The number of aromatic amines is 1. The zero-order valence-electron chi connectivity index (χ0n) is 11.8. The van der Waals surface area contributed by atoms with Gasteiger partial charge < -0.3 is 15.0 Å². The van der Waals surface area contributed by atoms with E-state index >= 15 is 0 Å². The van der Waals surface area contributed by atoms with Crippen LogP contribution in [-0.4, -0.2) is 45.6 Å². The fourth-order valence-electron chi connectivity index (χ4n) is 2.74. The van der Waals surface area contributed by atoms with E-state index in [4.69, 9.17) is 5.11 Å². The molecule has 6 nitrogen and oxygen atoms in total. The summed E-state index contributed by atoms with van der Waals surface area (Å²) >= 11 is 1.27. The SMILES string of the molecule is Cc1c(C(=O)N2CCC(CO)CC2)sc2nc[nH]c(=O)c12. The van der Waals surface area contributed by atoms with Gasteiger partial charge in [0.05, 0.1) is 16.6 Å². The first-order chi connectivity index (χ1) is 10.1. The number of aromatic nitrogens is 2. The van der Waals surface area contributed by atoms with Crippen molar-refractivity contribution in [3.8, 4) is 0 Å². The van der Waals surface area contributed by atoms with Gasteiger partial charge in [0, 0.05) is 19.7 Å². The van der Waals surface area contributed by atoms with E-state index in [0.717, 1.165) is 12.8 Å². The molecule has 0 unspecified atom stereocenters. The second-order valence-electron chi connectivity index (χ2n) is 5.39. The number of amides is 1. The minimum Gasteiger partial charge on any atom is -0.396 e. The lowest BCUT2D eigenvalue weighted by Gasteiger charge is -2.30. The molecule has 2 N–H and O–H groups in total. The molecule has 3 heterocycles. The van der Waals surface area contributed by atoms with Crippen molar-refractivity contribution in [2.45, 2.75) is 19.8 Å². The Bertz CT molecular complexity index is 729. The van der Waals surface area contributed by atoms with E-state index in [0.29, 0.717) is 39.7 Å². The highest BCUT2D eigenvalue weighted by molar-refractivity contribution is 7.20. The number of likely N-dealkylation sites (tertiary alicyclic amines) is 1. The van der Waals surface area contributed by atoms with Crippen LogP contribution >= 0.6 is 11.3 Å². The molecule has 2 aromatic heterocycles. The summed E-state index contributed by atoms with van der Waals surface area (Å²) in [5.74, 6) is 0.258. The Morgan fingerprint density at radius 2 is 2.24 bits per heavy atom. The van der Waals surface area contributed by atoms with E-state index < -0.39 is 0 Å². The molecule has 1 aliphatic heterocycles. The van der Waals surface area contributed by atoms with Gasteiger partial charge >= 0.3 is 0 Å². The third-order valence-corrected chi connectivity index (χ3v) is 5.27. The molecular formula is C14H17N3O3S. The van der Waals surface area contributed by atoms with Crippen molar-refractivity contribution < 1.29 is 9.90 Å². The molecule has 0 atom stereocenters. The van der Waals surface area contributed by atoms with Crippen LogP contribution in [0.4, 0.5) is 0 Å². The normalized spacial score (nSPS) is 16.6. The Kier molecular flexibility index (Phi) is 3.77. The lowest BCUT2D eigenvalue weighted by Crippen LogP contribution is -2.39. The number of nitrogens with one attached hydrogen (secondary N) is 1. The van der Waals surface area contributed by atoms with Gasteiger partial charge in [0.1, 0.15) is 4.83 Å². The number of hydrogen-bond acceptors (Lipinski definition) is 5. The first-order valence-corrected chi connectivity index (χ1v) is 7.80. The van der Waals surface area contributed by atoms with Gasteiger partial charge in [-0.25, -0.2) is 4.98 Å². The molecule has 0 aliphatic carbocycles. The van der Waals surface area contributed by atoms with Crippen LogP contribution in [-0.2, 0) is 0 Å². The van der Waals surface area contributed by atoms with Crippen LogP contribution in [0.5, 0.6) is 0 Å². The van der Waals surface area contributed by atoms with Gasteiger partial charge in [0.15, 0.2) is 0 Å². The van der Waals surface area contributed by atoms with Crippen molar-refractivity contribution in [2.75, 3.05) is 19.7 Å². The third kappa shape index (κ3) is 2.47. The van der Waals surface area contributed by atoms with Crippen molar-refractivity contribution in [1.82, 2.24) is 14.9 Å². The maximum absolute atomic E-state index is 12.6. The highest BCUT2D eigenvalue weighted by atomic mass is 32.1. The third-order valence-electron chi connectivity index (χ3n) is 4.09. The quantitative estimate of drug-likeness (QED) is 0.871. The van der Waals surface area contributed by atoms with Crippen LogP contribution < -0.4 is 5.56 Å². The van der Waals surface area contributed by atoms with Gasteiger partial charge in [0.25, 0.3) is 11.5 Å². The van der Waals surface area contributed by atoms with Gasteiger partial charge in [-0.1, -0.05) is 0 Å². The number of aliphatic hydroxyl groups is 1. The number of fused-ring (bicyclic) bond motifs is 1. The Morgan fingerprint density at radius 1 is 1.52 bits per heavy atom. The topological polar surface area (TPSA) is 86.3 Å². The van der Waals surface area contributed by atoms with Crippen molar-refractivity contribution >= 4 is 27.5 Å². The first kappa shape index (κ1) is 14.2. The number of nitrogens with zero attached hydrogens (tertiary/aromatic N) is 2. The molecule has 0 bridgehead atoms. The summed E-state index contributed by atoms with van der Waals surface area (Å²) in [5, 5.41) is 9.67. The molecule has 1 saturated heterocycles. The number of piperidine rings is 1. The molecule has 2 aromatic rings. The number of H-pyrrole nitrogens is 1. The summed E-state index contributed by atoms with van der Waals surface area (Å²) in [4.78, 5) is 34.2. The Balaban J connectivity index is 1.91. The molecule has 0 radical (unpaired) electrons. The van der Waals surface area contributed by atoms with E-state index in [2.05, 4.69) is 9.97 Å². The lowest BCUT2D eigenvalue weighted by atomic mass is 9.97. The zero-order chi connectivity index (χ0) is 15.0. The lowest BCUT2D eigenvalue weighted by molar-refractivity contribution is 0.0655. The van der Waals surface area contributed by atoms with E-state index in [1.165, 1.54) is 17.7 Å². The van der Waals surface area contributed by atoms with Gasteiger partial charge in [-0.05, 0) is 31.2 Å². The summed E-state index contributed by atoms with van der Waals surface area (Å²) in [7, 11) is 0. The zero-order valence-corrected chi connectivity index (χ0v) is 12.6. The van der Waals surface area contributed by atoms with Crippen molar-refractivity contribution in [3.63, 3.8) is 0 Å². The number of aliphatic hydroxyl groups excluding tert-OH is 1. The van der Waals surface area contributed by atoms with Crippen LogP contribution in [0, 0.1) is 12.8 Å². The Hall–Kier alpha value is -1.73. The predicted octanol–water partition coefficient (Wildman–Crippen LogP) is 1.14. The maximum Gasteiger partial charge on any atom is 0.264 e. The van der Waals surface area contributed by atoms with Crippen LogP contribution in [0.15, 0.2) is 11.1 Å². The second-order valence-corrected chi connectivity index (χ2v) is 6.39. The van der Waals surface area contributed by atoms with Gasteiger partial charge in [-0.3, -0.25) is 9.59 Å². The standard InChI is InChI=1S/C14H17N3O3S/c1-8-10-12(19)15-7-16-13(10)21-11(8)14(20)17-4-2-9(6-18)3-5-17/h7,9,18H,2-6H2,1H3,(H,15,16,19). The van der Waals surface area contributed by atoms with Crippen LogP contribution in [0.25, 0.3) is 10.2 Å². The minimum atomic E-state index is -0.202. The average molecular weight is 307 g/mol. The number of carbonyl (C=O) groups excluding carboxylic acids is 1. The van der Waals surface area contributed by atoms with E-state index in [-0.39, 0.29) is 18.1 Å². The number of rotatable bonds is 2. The summed E-state index contributed by atoms with van der Waals surface area (Å²) < 4.78 is 0. The molecular weight excluding hydrogens is 290 g/mol. The highest BCUT2D eigenvalue weighted by Crippen LogP contribution is 2.29. The number of thiophene rings is 1. The van der Waals surface area contributed by atoms with Crippen molar-refractivity contribution in [1.29, 1.82) is 0 Å². The first-order valence-electron chi connectivity index (χ1n) is 6.98. The summed E-state index contributed by atoms with van der Waals surface area (Å²) in [6.45, 7) is 3.29. The van der Waals surface area contributed by atoms with Gasteiger partial charge in [-0.15, -0.1) is 11.3 Å². The smallest absolute Gasteiger partial charge is 0.264 e. The van der Waals surface area contributed by atoms with E-state index in [1.54, 1.807) is 11.8 Å². The Labute approximate surface area is 125 Å². The molecule has 112 valence electrons. The summed E-state index contributed by atoms with van der Waals surface area (Å²) in [5.41, 5.74) is 0.505. The fraction of sp³-hybridized carbons (Fsp3) is 0.500. The molecule has 3 rings (SSSR count). The monoisotopic (exact) mass is 307 g/mol. The number of hydrogen-bond donors (Lipinski definition) is 2. The van der Waals surface area contributed by atoms with Crippen LogP contribution in [0.3, 0.4) is 0 Å². The number of carbonyl (C=O) groups is 1. The van der Waals surface area contributed by atoms with E-state index in [9.17, 15) is 9.59 Å². The summed E-state index contributed by atoms with van der Waals surface area (Å²) in [6, 6.07) is 0. The average Bonchev–Trinajstić information content (AvgIpc) is 2.85. The van der Waals surface area contributed by atoms with Gasteiger partial charge in [-0.2, -0.15) is 0 Å². The molecule has 0 aromatic carbocycles. The van der Waals surface area contributed by atoms with E-state index in [1.807, 2.05) is 0 Å². The molecule has 0 spiro atoms. The van der Waals surface area contributed by atoms with Crippen molar-refractivity contribution in [2.24, 2.45) is 5.92 Å². The summed E-state index contributed by atoms with van der Waals surface area (Å²) in [6.07, 6.45) is 3.01. The molecule has 1 amide bonds.